The fourth-order valence-corrected chi connectivity index (χ4v) is 2.09. The van der Waals surface area contributed by atoms with Gasteiger partial charge in [0.05, 0.1) is 9.50 Å². The number of nitrogens with two attached hydrogens (primary N) is 1. The predicted octanol–water partition coefficient (Wildman–Crippen LogP) is 4.89. The predicted molar refractivity (Wildman–Crippen MR) is 70.0 cm³/mol. The van der Waals surface area contributed by atoms with Crippen LogP contribution in [0.15, 0.2) is 28.7 Å². The summed E-state index contributed by atoms with van der Waals surface area (Å²) >= 11 is 8.60. The second kappa shape index (κ2) is 5.30. The first-order chi connectivity index (χ1) is 8.88. The summed E-state index contributed by atoms with van der Waals surface area (Å²) in [5, 5.41) is -0.141. The molecule has 2 rings (SSSR count). The molecule has 0 heterocycles. The van der Waals surface area contributed by atoms with Gasteiger partial charge in [0.25, 0.3) is 0 Å². The molecule has 0 saturated heterocycles. The Morgan fingerprint density at radius 1 is 1.00 bits per heavy atom. The zero-order valence-electron chi connectivity index (χ0n) is 9.18. The van der Waals surface area contributed by atoms with Crippen molar-refractivity contribution in [1.29, 1.82) is 0 Å². The summed E-state index contributed by atoms with van der Waals surface area (Å²) in [6, 6.07) is 3.94. The van der Waals surface area contributed by atoms with Gasteiger partial charge in [-0.3, -0.25) is 0 Å². The van der Waals surface area contributed by atoms with E-state index in [-0.39, 0.29) is 20.9 Å². The number of hydrogen-bond acceptors (Lipinski definition) is 2. The summed E-state index contributed by atoms with van der Waals surface area (Å²) in [5.74, 6) is -3.52. The van der Waals surface area contributed by atoms with Gasteiger partial charge in [-0.25, -0.2) is 13.2 Å². The van der Waals surface area contributed by atoms with Crippen LogP contribution in [0, 0.1) is 17.5 Å². The van der Waals surface area contributed by atoms with Crippen LogP contribution in [-0.4, -0.2) is 0 Å². The molecular formula is C12H6BrClF3NO. The molecule has 0 aliphatic rings. The van der Waals surface area contributed by atoms with E-state index in [1.165, 1.54) is 6.07 Å². The number of benzene rings is 2. The molecule has 0 unspecified atom stereocenters. The van der Waals surface area contributed by atoms with E-state index in [1.807, 2.05) is 0 Å². The zero-order chi connectivity index (χ0) is 14.2. The first-order valence-electron chi connectivity index (χ1n) is 4.95. The van der Waals surface area contributed by atoms with Gasteiger partial charge in [0.2, 0.25) is 0 Å². The molecule has 0 amide bonds. The SMILES string of the molecule is Nc1cc(F)c(Oc2cc(F)c(Cl)cc2Br)c(F)c1. The van der Waals surface area contributed by atoms with Crippen LogP contribution in [0.5, 0.6) is 11.5 Å². The summed E-state index contributed by atoms with van der Waals surface area (Å²) < 4.78 is 45.6. The van der Waals surface area contributed by atoms with E-state index in [1.54, 1.807) is 0 Å². The standard InChI is InChI=1S/C12H6BrClF3NO/c13-6-3-7(14)8(15)4-11(6)19-12-9(16)1-5(18)2-10(12)17/h1-4H,18H2. The van der Waals surface area contributed by atoms with Crippen molar-refractivity contribution in [2.75, 3.05) is 5.73 Å². The normalized spacial score (nSPS) is 10.6. The van der Waals surface area contributed by atoms with Crippen molar-refractivity contribution >= 4 is 33.2 Å². The van der Waals surface area contributed by atoms with Gasteiger partial charge in [0.15, 0.2) is 17.4 Å². The Morgan fingerprint density at radius 2 is 1.58 bits per heavy atom. The molecule has 0 aliphatic heterocycles. The summed E-state index contributed by atoms with van der Waals surface area (Å²) in [5.41, 5.74) is 5.19. The maximum atomic E-state index is 13.5. The summed E-state index contributed by atoms with van der Waals surface area (Å²) in [4.78, 5) is 0. The van der Waals surface area contributed by atoms with Crippen LogP contribution in [-0.2, 0) is 0 Å². The molecule has 2 aromatic rings. The van der Waals surface area contributed by atoms with E-state index >= 15 is 0 Å². The lowest BCUT2D eigenvalue weighted by atomic mass is 10.2. The second-order valence-corrected chi connectivity index (χ2v) is 4.87. The Kier molecular flexibility index (Phi) is 3.91. The zero-order valence-corrected chi connectivity index (χ0v) is 11.5. The largest absolute Gasteiger partial charge is 0.450 e. The van der Waals surface area contributed by atoms with Crippen LogP contribution in [0.4, 0.5) is 18.9 Å². The Bertz CT molecular complexity index is 628. The van der Waals surface area contributed by atoms with E-state index < -0.39 is 23.2 Å². The van der Waals surface area contributed by atoms with Gasteiger partial charge in [-0.2, -0.15) is 0 Å². The number of hydrogen-bond donors (Lipinski definition) is 1. The molecule has 2 nitrogen and oxygen atoms in total. The van der Waals surface area contributed by atoms with Crippen molar-refractivity contribution in [3.8, 4) is 11.5 Å². The minimum Gasteiger partial charge on any atom is -0.450 e. The minimum absolute atomic E-state index is 0.0799. The van der Waals surface area contributed by atoms with Gasteiger partial charge in [0, 0.05) is 23.9 Å². The summed E-state index contributed by atoms with van der Waals surface area (Å²) in [6.45, 7) is 0. The van der Waals surface area contributed by atoms with Crippen LogP contribution in [0.25, 0.3) is 0 Å². The molecule has 0 bridgehead atoms. The minimum atomic E-state index is -0.986. The van der Waals surface area contributed by atoms with E-state index in [0.29, 0.717) is 0 Å². The van der Waals surface area contributed by atoms with Crippen LogP contribution < -0.4 is 10.5 Å². The second-order valence-electron chi connectivity index (χ2n) is 3.61. The molecule has 19 heavy (non-hydrogen) atoms. The molecule has 0 atom stereocenters. The lowest BCUT2D eigenvalue weighted by Crippen LogP contribution is -1.96. The molecular weight excluding hydrogens is 346 g/mol. The number of halogens is 5. The van der Waals surface area contributed by atoms with Crippen LogP contribution >= 0.6 is 27.5 Å². The van der Waals surface area contributed by atoms with E-state index in [0.717, 1.165) is 18.2 Å². The first-order valence-corrected chi connectivity index (χ1v) is 6.12. The van der Waals surface area contributed by atoms with E-state index in [4.69, 9.17) is 22.1 Å². The summed E-state index contributed by atoms with van der Waals surface area (Å²) in [7, 11) is 0. The molecule has 100 valence electrons. The van der Waals surface area contributed by atoms with Gasteiger partial charge >= 0.3 is 0 Å². The Morgan fingerprint density at radius 3 is 2.16 bits per heavy atom. The van der Waals surface area contributed by atoms with Gasteiger partial charge in [-0.15, -0.1) is 0 Å². The highest BCUT2D eigenvalue weighted by molar-refractivity contribution is 9.10. The average Bonchev–Trinajstić information content (AvgIpc) is 2.29. The Hall–Kier alpha value is -1.40. The smallest absolute Gasteiger partial charge is 0.198 e. The maximum Gasteiger partial charge on any atom is 0.198 e. The highest BCUT2D eigenvalue weighted by Crippen LogP contribution is 2.36. The molecule has 2 aromatic carbocycles. The van der Waals surface area contributed by atoms with Crippen LogP contribution in [0.3, 0.4) is 0 Å². The molecule has 7 heteroatoms. The van der Waals surface area contributed by atoms with E-state index in [9.17, 15) is 13.2 Å². The van der Waals surface area contributed by atoms with Gasteiger partial charge in [-0.05, 0) is 22.0 Å². The fourth-order valence-electron chi connectivity index (χ4n) is 1.37. The van der Waals surface area contributed by atoms with Crippen LogP contribution in [0.2, 0.25) is 5.02 Å². The van der Waals surface area contributed by atoms with Crippen LogP contribution in [0.1, 0.15) is 0 Å². The molecule has 0 aliphatic carbocycles. The van der Waals surface area contributed by atoms with Crippen molar-refractivity contribution in [2.45, 2.75) is 0 Å². The number of nitrogen functional groups attached to an aromatic ring is 1. The molecule has 0 saturated carbocycles. The third kappa shape index (κ3) is 2.96. The highest BCUT2D eigenvalue weighted by Gasteiger charge is 2.16. The lowest BCUT2D eigenvalue weighted by Gasteiger charge is -2.10. The summed E-state index contributed by atoms with van der Waals surface area (Å²) in [6.07, 6.45) is 0. The number of rotatable bonds is 2. The van der Waals surface area contributed by atoms with Crippen molar-refractivity contribution in [3.05, 3.63) is 51.2 Å². The third-order valence-corrected chi connectivity index (χ3v) is 3.12. The Labute approximate surface area is 120 Å². The van der Waals surface area contributed by atoms with E-state index in [2.05, 4.69) is 15.9 Å². The monoisotopic (exact) mass is 351 g/mol. The van der Waals surface area contributed by atoms with Gasteiger partial charge < -0.3 is 10.5 Å². The van der Waals surface area contributed by atoms with Crippen molar-refractivity contribution in [3.63, 3.8) is 0 Å². The van der Waals surface area contributed by atoms with Crippen molar-refractivity contribution < 1.29 is 17.9 Å². The molecule has 0 aromatic heterocycles. The first kappa shape index (κ1) is 14.0. The maximum absolute atomic E-state index is 13.5. The third-order valence-electron chi connectivity index (χ3n) is 2.21. The number of anilines is 1. The quantitative estimate of drug-likeness (QED) is 0.617. The number of ether oxygens (including phenoxy) is 1. The van der Waals surface area contributed by atoms with Gasteiger partial charge in [-0.1, -0.05) is 11.6 Å². The molecule has 0 spiro atoms. The molecule has 0 radical (unpaired) electrons. The van der Waals surface area contributed by atoms with Gasteiger partial charge in [0.1, 0.15) is 11.6 Å². The van der Waals surface area contributed by atoms with Crippen molar-refractivity contribution in [1.82, 2.24) is 0 Å². The molecule has 0 fully saturated rings. The fraction of sp³-hybridized carbons (Fsp3) is 0. The molecule has 2 N–H and O–H groups in total. The Balaban J connectivity index is 2.45. The lowest BCUT2D eigenvalue weighted by molar-refractivity contribution is 0.403. The average molecular weight is 353 g/mol. The topological polar surface area (TPSA) is 35.2 Å². The highest BCUT2D eigenvalue weighted by atomic mass is 79.9. The van der Waals surface area contributed by atoms with Crippen molar-refractivity contribution in [2.24, 2.45) is 0 Å².